The van der Waals surface area contributed by atoms with E-state index in [2.05, 4.69) is 0 Å². The summed E-state index contributed by atoms with van der Waals surface area (Å²) in [5.74, 6) is 0. The summed E-state index contributed by atoms with van der Waals surface area (Å²) in [5.41, 5.74) is 0. The summed E-state index contributed by atoms with van der Waals surface area (Å²) in [6, 6.07) is 0. The molecule has 7 heavy (non-hydrogen) atoms. The molecule has 0 radical (unpaired) electrons. The van der Waals surface area contributed by atoms with E-state index in [9.17, 15) is 0 Å². The van der Waals surface area contributed by atoms with Crippen molar-refractivity contribution < 1.29 is 57.4 Å². The van der Waals surface area contributed by atoms with Crippen LogP contribution in [0.5, 0.6) is 0 Å². The van der Waals surface area contributed by atoms with Crippen LogP contribution in [-0.2, 0) is 0 Å². The summed E-state index contributed by atoms with van der Waals surface area (Å²) in [7, 11) is 0. The van der Waals surface area contributed by atoms with Crippen molar-refractivity contribution >= 4 is 0 Å². The first kappa shape index (κ1) is 1020. The fourth-order valence-electron chi connectivity index (χ4n) is 0. The van der Waals surface area contributed by atoms with Gasteiger partial charge in [0.15, 0.2) is 0 Å². The number of hydrogen-bond donors (Lipinski definition) is 0. The van der Waals surface area contributed by atoms with E-state index in [-0.39, 0.29) is 57.4 Å². The van der Waals surface area contributed by atoms with Crippen molar-refractivity contribution in [3.63, 3.8) is 0 Å². The first-order chi connectivity index (χ1) is 0. The van der Waals surface area contributed by atoms with Crippen molar-refractivity contribution in [2.24, 2.45) is 0 Å². The van der Waals surface area contributed by atoms with Crippen LogP contribution in [-0.4, -0.2) is 0 Å². The molecule has 0 aliphatic carbocycles. The Labute approximate surface area is 57.8 Å². The van der Waals surface area contributed by atoms with E-state index in [0.717, 1.165) is 0 Å². The fraction of sp³-hybridized carbons (Fsp3) is 0. The van der Waals surface area contributed by atoms with Gasteiger partial charge in [0.1, 0.15) is 0 Å². The molecule has 0 unspecified atom stereocenters. The van der Waals surface area contributed by atoms with Crippen molar-refractivity contribution in [1.29, 1.82) is 0 Å². The smallest absolute Gasteiger partial charge is 0 e. The maximum atomic E-state index is 0. The molecule has 0 fully saturated rings. The molecule has 0 aromatic carbocycles. The molecule has 0 bridgehead atoms. The van der Waals surface area contributed by atoms with E-state index in [1.54, 1.807) is 0 Å². The molecule has 0 N–H and O–H groups in total. The van der Waals surface area contributed by atoms with Crippen LogP contribution in [0.1, 0.15) is 0 Å². The van der Waals surface area contributed by atoms with Crippen molar-refractivity contribution in [3.8, 4) is 0 Å². The average molecular weight is 364 g/mol. The molecule has 0 saturated carbocycles. The summed E-state index contributed by atoms with van der Waals surface area (Å²) in [5, 5.41) is 0. The zero-order chi connectivity index (χ0) is 0. The molecule has 7 heteroatoms. The van der Waals surface area contributed by atoms with Gasteiger partial charge in [0.05, 0.1) is 0 Å². The van der Waals surface area contributed by atoms with Gasteiger partial charge in [0.2, 0.25) is 0 Å². The van der Waals surface area contributed by atoms with E-state index in [0.29, 0.717) is 0 Å². The topological polar surface area (TPSA) is 0 Å². The summed E-state index contributed by atoms with van der Waals surface area (Å²) in [4.78, 5) is 0. The summed E-state index contributed by atoms with van der Waals surface area (Å²) < 4.78 is 0. The van der Waals surface area contributed by atoms with Crippen LogP contribution in [0.4, 0.5) is 28.2 Å². The zero-order valence-electron chi connectivity index (χ0n) is 2.86. The number of halogens is 6. The van der Waals surface area contributed by atoms with Crippen molar-refractivity contribution in [1.82, 2.24) is 0 Å². The predicted octanol–water partition coefficient (Wildman–Crippen LogP) is 0.915. The first-order valence-electron chi connectivity index (χ1n) is 0. The molecule has 0 heterocycles. The minimum absolute atomic E-state index is 0. The third kappa shape index (κ3) is 426. The van der Waals surface area contributed by atoms with E-state index >= 15 is 0 Å². The first-order valence-corrected chi connectivity index (χ1v) is 0. The summed E-state index contributed by atoms with van der Waals surface area (Å²) in [6.07, 6.45) is 0. The Hall–Kier alpha value is 0.567. The molecule has 0 amide bonds. The second-order valence-corrected chi connectivity index (χ2v) is 0. The molecule has 0 spiro atoms. The molecule has 0 rings (SSSR count). The Morgan fingerprint density at radius 2 is 0.286 bits per heavy atom. The molecule has 0 aliphatic heterocycles. The van der Waals surface area contributed by atoms with Gasteiger partial charge in [0, 0.05) is 29.2 Å². The van der Waals surface area contributed by atoms with Crippen LogP contribution >= 0.6 is 0 Å². The molecule has 0 aliphatic rings. The Morgan fingerprint density at radius 1 is 0.286 bits per heavy atom. The van der Waals surface area contributed by atoms with Crippen LogP contribution < -0.4 is 0 Å². The van der Waals surface area contributed by atoms with Gasteiger partial charge in [-0.05, 0) is 0 Å². The molecule has 0 saturated heterocycles. The van der Waals surface area contributed by atoms with Gasteiger partial charge in [-0.25, -0.2) is 0 Å². The Morgan fingerprint density at radius 3 is 0.286 bits per heavy atom. The van der Waals surface area contributed by atoms with Gasteiger partial charge < -0.3 is 0 Å². The number of hydrogen-bond acceptors (Lipinski definition) is 0. The van der Waals surface area contributed by atoms with Gasteiger partial charge in [-0.3, -0.25) is 28.2 Å². The monoisotopic (exact) mass is 358 g/mol. The van der Waals surface area contributed by atoms with Crippen molar-refractivity contribution in [2.75, 3.05) is 0 Å². The van der Waals surface area contributed by atoms with E-state index in [1.807, 2.05) is 0 Å². The standard InChI is InChI=1S/6FH.Pu/h6*1H;. The molecule has 0 aromatic rings. The van der Waals surface area contributed by atoms with Gasteiger partial charge in [-0.2, -0.15) is 0 Å². The maximum Gasteiger partial charge on any atom is 0 e. The SMILES string of the molecule is F.F.F.F.F.F.[Pu]. The average Bonchev–Trinajstić information content (AvgIpc) is 0. The maximum absolute atomic E-state index is 0. The second-order valence-electron chi connectivity index (χ2n) is 0. The van der Waals surface area contributed by atoms with E-state index in [4.69, 9.17) is 0 Å². The third-order valence-corrected chi connectivity index (χ3v) is 0. The van der Waals surface area contributed by atoms with Gasteiger partial charge >= 0.3 is 0 Å². The Kier molecular flexibility index (Phi) is 91800. The normalized spacial score (nSPS) is 0. The van der Waals surface area contributed by atoms with Crippen LogP contribution in [0.15, 0.2) is 0 Å². The van der Waals surface area contributed by atoms with E-state index < -0.39 is 0 Å². The molecular weight excluding hydrogens is 358 g/mol. The van der Waals surface area contributed by atoms with Crippen LogP contribution in [0, 0.1) is 29.2 Å². The molecule has 54 valence electrons. The van der Waals surface area contributed by atoms with Crippen molar-refractivity contribution in [2.45, 2.75) is 0 Å². The third-order valence-electron chi connectivity index (χ3n) is 0. The minimum atomic E-state index is 0. The Bertz CT molecular complexity index is 4.14. The summed E-state index contributed by atoms with van der Waals surface area (Å²) in [6.45, 7) is 0. The van der Waals surface area contributed by atoms with Crippen molar-refractivity contribution in [3.05, 3.63) is 0 Å². The minimum Gasteiger partial charge on any atom is -0.269 e. The Balaban J connectivity index is 0. The van der Waals surface area contributed by atoms with Gasteiger partial charge in [0.25, 0.3) is 0 Å². The van der Waals surface area contributed by atoms with E-state index in [1.165, 1.54) is 0 Å². The predicted molar refractivity (Wildman–Crippen MR) is 15.0 cm³/mol. The quantitative estimate of drug-likeness (QED) is 0.561. The van der Waals surface area contributed by atoms with Gasteiger partial charge in [-0.15, -0.1) is 0 Å². The molecular formula is H6F6Pu. The second kappa shape index (κ2) is 633. The fourth-order valence-corrected chi connectivity index (χ4v) is 0. The molecule has 0 nitrogen and oxygen atoms in total. The molecule has 0 atom stereocenters. The van der Waals surface area contributed by atoms with Crippen LogP contribution in [0.2, 0.25) is 0 Å². The molecule has 0 aromatic heterocycles. The number of rotatable bonds is 0. The largest absolute Gasteiger partial charge is 0.269 e. The van der Waals surface area contributed by atoms with Gasteiger partial charge in [-0.1, -0.05) is 0 Å². The summed E-state index contributed by atoms with van der Waals surface area (Å²) >= 11 is 0. The van der Waals surface area contributed by atoms with Crippen LogP contribution in [0.3, 0.4) is 0 Å². The zero-order valence-corrected chi connectivity index (χ0v) is 6.26. The van der Waals surface area contributed by atoms with Crippen LogP contribution in [0.25, 0.3) is 0 Å².